The van der Waals surface area contributed by atoms with Crippen LogP contribution >= 0.6 is 0 Å². The molecule has 0 fully saturated rings. The Bertz CT molecular complexity index is 6200. The summed E-state index contributed by atoms with van der Waals surface area (Å²) in [6.07, 6.45) is 0. The highest BCUT2D eigenvalue weighted by atomic mass is 19.2. The van der Waals surface area contributed by atoms with Gasteiger partial charge in [-0.05, 0) is 72.8 Å². The van der Waals surface area contributed by atoms with E-state index in [0.29, 0.717) is 66.4 Å². The SMILES string of the molecule is Fc1c(F)c(F)c(C2=c3ccc4n3B3n5c(ccc5C(c5c(F)c(F)c(F)c(F)c5F)=c5ccc(n53)=c3ccc5n3B3n6c(ccc6C=5c5c(F)c(F)c(F)c(F)c5F)C(c5c(F)c(F)c(F)c(F)c5F)=c5ccc(n53)=C2c2c(F)c(F)c(F)c(F)c2F)C=4c2c(F)c(F)c(F)c(F)c2F)c(F)c1F. The van der Waals surface area contributed by atoms with Gasteiger partial charge in [0, 0.05) is 88.3 Å². The van der Waals surface area contributed by atoms with E-state index in [9.17, 15) is 0 Å². The second-order valence-electron chi connectivity index (χ2n) is 23.5. The van der Waals surface area contributed by atoms with Crippen molar-refractivity contribution in [1.82, 2.24) is 26.9 Å². The maximum atomic E-state index is 17.8. The molecule has 38 heteroatoms. The van der Waals surface area contributed by atoms with E-state index in [4.69, 9.17) is 0 Å². The van der Waals surface area contributed by atoms with E-state index < -0.39 is 321 Å². The zero-order valence-corrected chi connectivity index (χ0v) is 49.1. The minimum absolute atomic E-state index is 0.186. The van der Waals surface area contributed by atoms with Gasteiger partial charge in [0.05, 0.1) is 44.1 Å². The highest BCUT2D eigenvalue weighted by Crippen LogP contribution is 2.45. The van der Waals surface area contributed by atoms with Crippen LogP contribution in [-0.2, 0) is 0 Å². The summed E-state index contributed by atoms with van der Waals surface area (Å²) in [7, 11) is -5.54. The van der Waals surface area contributed by atoms with Crippen LogP contribution in [0.4, 0.5) is 132 Å². The van der Waals surface area contributed by atoms with Crippen molar-refractivity contribution in [3.8, 4) is 0 Å². The van der Waals surface area contributed by atoms with E-state index in [1.54, 1.807) is 0 Å². The fourth-order valence-electron chi connectivity index (χ4n) is 14.6. The van der Waals surface area contributed by atoms with Crippen LogP contribution in [0.2, 0.25) is 0 Å². The van der Waals surface area contributed by atoms with Crippen LogP contribution in [0.15, 0.2) is 72.8 Å². The lowest BCUT2D eigenvalue weighted by Gasteiger charge is -2.35. The Morgan fingerprint density at radius 3 is 0.433 bits per heavy atom. The van der Waals surface area contributed by atoms with Gasteiger partial charge in [-0.25, -0.2) is 132 Å². The van der Waals surface area contributed by atoms with Gasteiger partial charge in [0.2, 0.25) is 34.9 Å². The molecule has 6 nitrogen and oxygen atoms in total. The normalized spacial score (nSPS) is 13.9. The summed E-state index contributed by atoms with van der Waals surface area (Å²) in [6.45, 7) is 0. The van der Waals surface area contributed by atoms with Crippen molar-refractivity contribution in [1.29, 1.82) is 0 Å². The number of aromatic nitrogens is 6. The molecule has 0 amide bonds. The standard InChI is InChI=1S/C66H12B2F30N6/c69-37-31(38(70)50(82)61(93)49(37)81)25-15-3-1-13-14-2-4-16-26(32-39(71)51(83)62(94)52(84)40(32)72)18-6-8-20-28(34-43(75)55(87)64(96)56(88)44(34)76)22-10-12-24(104(22)68(100(14)16)102(18)20)30(36-47(79)59(91)66(98)60(92)48(36)80)29(35-45(77)57(89)65(97)58(90)46(35)78)23-11-9-21-27(33-41(73)53(85)63(95)54(86)42(33)74)19-7-5-17(25)101(19)67(99(13)15)103(21)23/h1-12H. The molecule has 6 aromatic carbocycles. The van der Waals surface area contributed by atoms with Crippen LogP contribution in [0.3, 0.4) is 0 Å². The Morgan fingerprint density at radius 1 is 0.135 bits per heavy atom. The smallest absolute Gasteiger partial charge is 0.344 e. The van der Waals surface area contributed by atoms with Crippen molar-refractivity contribution in [2.24, 2.45) is 0 Å². The van der Waals surface area contributed by atoms with E-state index in [1.807, 2.05) is 0 Å². The fraction of sp³-hybridized carbons (Fsp3) is 0. The predicted molar refractivity (Wildman–Crippen MR) is 295 cm³/mol. The van der Waals surface area contributed by atoms with Crippen LogP contribution in [0.5, 0.6) is 0 Å². The molecular formula is C66H12B2F30N6. The molecule has 0 aliphatic carbocycles. The largest absolute Gasteiger partial charge is 0.519 e. The third-order valence-electron chi connectivity index (χ3n) is 18.7. The first-order valence-corrected chi connectivity index (χ1v) is 28.9. The third-order valence-corrected chi connectivity index (χ3v) is 18.7. The van der Waals surface area contributed by atoms with Crippen molar-refractivity contribution in [3.63, 3.8) is 0 Å². The first kappa shape index (κ1) is 65.6. The molecule has 522 valence electrons. The van der Waals surface area contributed by atoms with E-state index in [0.717, 1.165) is 12.1 Å². The summed E-state index contributed by atoms with van der Waals surface area (Å²) >= 11 is 0. The topological polar surface area (TPSA) is 29.6 Å². The zero-order chi connectivity index (χ0) is 74.3. The molecule has 0 saturated carbocycles. The maximum Gasteiger partial charge on any atom is 0.519 e. The van der Waals surface area contributed by atoms with Gasteiger partial charge in [-0.15, -0.1) is 0 Å². The van der Waals surface area contributed by atoms with Gasteiger partial charge in [-0.1, -0.05) is 0 Å². The molecule has 6 aromatic heterocycles. The van der Waals surface area contributed by atoms with Gasteiger partial charge in [0.25, 0.3) is 0 Å². The van der Waals surface area contributed by atoms with Crippen molar-refractivity contribution in [2.45, 2.75) is 0 Å². The number of hydrogen-bond donors (Lipinski definition) is 0. The lowest BCUT2D eigenvalue weighted by molar-refractivity contribution is 0.375. The van der Waals surface area contributed by atoms with Crippen molar-refractivity contribution < 1.29 is 132 Å². The molecule has 0 atom stereocenters. The van der Waals surface area contributed by atoms with Gasteiger partial charge in [-0.2, -0.15) is 0 Å². The molecule has 11 heterocycles. The average Bonchev–Trinajstić information content (AvgIpc) is 1.48. The predicted octanol–water partition coefficient (Wildman–Crippen LogP) is 11.5. The Morgan fingerprint density at radius 2 is 0.260 bits per heavy atom. The van der Waals surface area contributed by atoms with Gasteiger partial charge < -0.3 is 26.9 Å². The molecule has 0 bridgehead atoms. The minimum Gasteiger partial charge on any atom is -0.344 e. The molecule has 0 radical (unpaired) electrons. The molecule has 104 heavy (non-hydrogen) atoms. The van der Waals surface area contributed by atoms with Gasteiger partial charge >= 0.3 is 14.2 Å². The van der Waals surface area contributed by atoms with Crippen molar-refractivity contribution in [2.75, 3.05) is 0 Å². The Kier molecular flexibility index (Phi) is 13.5. The summed E-state index contributed by atoms with van der Waals surface area (Å²) in [4.78, 5) is 0. The van der Waals surface area contributed by atoms with E-state index in [1.165, 1.54) is 0 Å². The molecular weight excluding hydrogens is 1470 g/mol. The molecule has 12 aromatic rings. The van der Waals surface area contributed by atoms with E-state index >= 15 is 132 Å². The van der Waals surface area contributed by atoms with Crippen LogP contribution in [-0.4, -0.2) is 41.1 Å². The highest BCUT2D eigenvalue weighted by molar-refractivity contribution is 6.57. The Labute approximate surface area is 551 Å². The second-order valence-corrected chi connectivity index (χ2v) is 23.5. The first-order chi connectivity index (χ1) is 49.2. The molecule has 5 aliphatic rings. The molecule has 0 spiro atoms. The monoisotopic (exact) mass is 1480 g/mol. The van der Waals surface area contributed by atoms with Gasteiger partial charge in [-0.3, -0.25) is 0 Å². The summed E-state index contributed by atoms with van der Waals surface area (Å²) in [5.74, 6) is -88.5. The van der Waals surface area contributed by atoms with E-state index in [2.05, 4.69) is 0 Å². The summed E-state index contributed by atoms with van der Waals surface area (Å²) < 4.78 is 495. The third kappa shape index (κ3) is 7.66. The van der Waals surface area contributed by atoms with Gasteiger partial charge in [0.15, 0.2) is 140 Å². The number of halogens is 30. The number of benzene rings is 6. The average molecular weight is 1480 g/mol. The summed E-state index contributed by atoms with van der Waals surface area (Å²) in [6, 6.07) is 6.36. The lowest BCUT2D eigenvalue weighted by atomic mass is 9.79. The van der Waals surface area contributed by atoms with Crippen LogP contribution in [0, 0.1) is 185 Å². The lowest BCUT2D eigenvalue weighted by Crippen LogP contribution is -2.61. The summed E-state index contributed by atoms with van der Waals surface area (Å²) in [5, 5.41) is -9.83. The quantitative estimate of drug-likeness (QED) is 0.0687. The molecule has 0 unspecified atom stereocenters. The van der Waals surface area contributed by atoms with Gasteiger partial charge in [0.1, 0.15) is 0 Å². The van der Waals surface area contributed by atoms with Crippen LogP contribution < -0.4 is 32.1 Å². The van der Waals surface area contributed by atoms with Crippen LogP contribution in [0.25, 0.3) is 33.4 Å². The minimum atomic E-state index is -3.20. The fourth-order valence-corrected chi connectivity index (χ4v) is 14.6. The molecule has 0 N–H and O–H groups in total. The highest BCUT2D eigenvalue weighted by Gasteiger charge is 2.49. The first-order valence-electron chi connectivity index (χ1n) is 28.9. The Hall–Kier alpha value is -11.8. The number of nitrogens with zero attached hydrogens (tertiary/aromatic N) is 6. The molecule has 0 saturated heterocycles. The Balaban J connectivity index is 1.28. The number of hydrogen-bond acceptors (Lipinski definition) is 0. The second kappa shape index (κ2) is 21.4. The van der Waals surface area contributed by atoms with E-state index in [-0.39, 0.29) is 21.1 Å². The number of rotatable bonds is 6. The maximum absolute atomic E-state index is 17.8. The van der Waals surface area contributed by atoms with Crippen molar-refractivity contribution in [3.05, 3.63) is 346 Å². The molecule has 17 rings (SSSR count). The zero-order valence-electron chi connectivity index (χ0n) is 49.1. The molecule has 5 aliphatic heterocycles. The van der Waals surface area contributed by atoms with Crippen molar-refractivity contribution >= 4 is 47.7 Å². The van der Waals surface area contributed by atoms with Crippen LogP contribution in [0.1, 0.15) is 56.2 Å². The summed E-state index contributed by atoms with van der Waals surface area (Å²) in [5.41, 5.74) is -28.5.